The van der Waals surface area contributed by atoms with Crippen molar-refractivity contribution >= 4 is 17.2 Å². The standard InChI is InChI=1S/C22H27N3O2S/c1-17(2)21(27-20-8-4-3-6-18(20)16-23)22(26)25-13-11-24(12-14-25)10-9-19-7-5-15-28-19/h3-8,15,17,21H,9-14H2,1-2H3. The number of thiophene rings is 1. The Morgan fingerprint density at radius 3 is 2.57 bits per heavy atom. The molecule has 2 aromatic rings. The number of piperazine rings is 1. The Labute approximate surface area is 171 Å². The highest BCUT2D eigenvalue weighted by molar-refractivity contribution is 7.09. The van der Waals surface area contributed by atoms with Gasteiger partial charge in [-0.2, -0.15) is 5.26 Å². The van der Waals surface area contributed by atoms with Crippen molar-refractivity contribution in [2.45, 2.75) is 26.4 Å². The molecule has 1 atom stereocenters. The topological polar surface area (TPSA) is 56.6 Å². The van der Waals surface area contributed by atoms with E-state index in [1.807, 2.05) is 24.8 Å². The lowest BCUT2D eigenvalue weighted by molar-refractivity contribution is -0.142. The van der Waals surface area contributed by atoms with E-state index in [0.29, 0.717) is 11.3 Å². The Hall–Kier alpha value is -2.36. The maximum atomic E-state index is 13.1. The maximum Gasteiger partial charge on any atom is 0.264 e. The summed E-state index contributed by atoms with van der Waals surface area (Å²) in [4.78, 5) is 18.8. The summed E-state index contributed by atoms with van der Waals surface area (Å²) < 4.78 is 6.01. The number of carbonyl (C=O) groups excluding carboxylic acids is 1. The van der Waals surface area contributed by atoms with Gasteiger partial charge in [0.15, 0.2) is 6.10 Å². The molecule has 3 rings (SSSR count). The fraction of sp³-hybridized carbons (Fsp3) is 0.455. The van der Waals surface area contributed by atoms with E-state index < -0.39 is 6.10 Å². The number of para-hydroxylation sites is 1. The molecule has 148 valence electrons. The lowest BCUT2D eigenvalue weighted by atomic mass is 10.0. The average Bonchev–Trinajstić information content (AvgIpc) is 3.24. The third-order valence-corrected chi connectivity index (χ3v) is 5.99. The molecule has 0 spiro atoms. The summed E-state index contributed by atoms with van der Waals surface area (Å²) in [6.07, 6.45) is 0.487. The molecular formula is C22H27N3O2S. The van der Waals surface area contributed by atoms with Gasteiger partial charge in [0.05, 0.1) is 5.56 Å². The minimum Gasteiger partial charge on any atom is -0.479 e. The molecule has 1 aliphatic rings. The van der Waals surface area contributed by atoms with Gasteiger partial charge in [-0.15, -0.1) is 11.3 Å². The summed E-state index contributed by atoms with van der Waals surface area (Å²) in [5.41, 5.74) is 0.458. The summed E-state index contributed by atoms with van der Waals surface area (Å²) in [5.74, 6) is 0.517. The van der Waals surface area contributed by atoms with E-state index >= 15 is 0 Å². The Balaban J connectivity index is 1.56. The number of hydrogen-bond acceptors (Lipinski definition) is 5. The molecule has 0 saturated carbocycles. The molecular weight excluding hydrogens is 370 g/mol. The van der Waals surface area contributed by atoms with E-state index in [1.54, 1.807) is 29.5 Å². The number of benzene rings is 1. The molecule has 0 bridgehead atoms. The minimum atomic E-state index is -0.577. The molecule has 1 aromatic heterocycles. The number of rotatable bonds is 7. The van der Waals surface area contributed by atoms with Crippen LogP contribution in [0.5, 0.6) is 5.75 Å². The van der Waals surface area contributed by atoms with E-state index in [2.05, 4.69) is 28.5 Å². The first-order chi connectivity index (χ1) is 13.6. The second-order valence-electron chi connectivity index (χ2n) is 7.39. The molecule has 1 amide bonds. The van der Waals surface area contributed by atoms with Gasteiger partial charge in [-0.25, -0.2) is 0 Å². The zero-order chi connectivity index (χ0) is 19.9. The molecule has 6 heteroatoms. The lowest BCUT2D eigenvalue weighted by Gasteiger charge is -2.37. The first kappa shape index (κ1) is 20.4. The fourth-order valence-electron chi connectivity index (χ4n) is 3.37. The molecule has 1 aromatic carbocycles. The van der Waals surface area contributed by atoms with Crippen LogP contribution in [0, 0.1) is 17.2 Å². The predicted octanol–water partition coefficient (Wildman–Crippen LogP) is 3.41. The molecule has 1 unspecified atom stereocenters. The van der Waals surface area contributed by atoms with Gasteiger partial charge in [0.1, 0.15) is 11.8 Å². The van der Waals surface area contributed by atoms with Gasteiger partial charge in [0, 0.05) is 37.6 Å². The molecule has 28 heavy (non-hydrogen) atoms. The third kappa shape index (κ3) is 5.12. The molecule has 1 aliphatic heterocycles. The first-order valence-corrected chi connectivity index (χ1v) is 10.7. The van der Waals surface area contributed by atoms with Crippen molar-refractivity contribution in [2.24, 2.45) is 5.92 Å². The number of nitrogens with zero attached hydrogens (tertiary/aromatic N) is 3. The smallest absolute Gasteiger partial charge is 0.264 e. The average molecular weight is 398 g/mol. The van der Waals surface area contributed by atoms with E-state index in [0.717, 1.165) is 39.1 Å². The van der Waals surface area contributed by atoms with Crippen molar-refractivity contribution in [1.82, 2.24) is 9.80 Å². The van der Waals surface area contributed by atoms with Gasteiger partial charge < -0.3 is 9.64 Å². The second kappa shape index (κ2) is 9.72. The summed E-state index contributed by atoms with van der Waals surface area (Å²) >= 11 is 1.80. The third-order valence-electron chi connectivity index (χ3n) is 5.05. The SMILES string of the molecule is CC(C)C(Oc1ccccc1C#N)C(=O)N1CCN(CCc2cccs2)CC1. The fourth-order valence-corrected chi connectivity index (χ4v) is 4.06. The van der Waals surface area contributed by atoms with Gasteiger partial charge in [-0.3, -0.25) is 9.69 Å². The normalized spacial score (nSPS) is 16.0. The quantitative estimate of drug-likeness (QED) is 0.718. The van der Waals surface area contributed by atoms with E-state index in [1.165, 1.54) is 4.88 Å². The molecule has 0 radical (unpaired) electrons. The number of amides is 1. The van der Waals surface area contributed by atoms with Crippen LogP contribution in [0.15, 0.2) is 41.8 Å². The Morgan fingerprint density at radius 2 is 1.93 bits per heavy atom. The maximum absolute atomic E-state index is 13.1. The molecule has 0 aliphatic carbocycles. The van der Waals surface area contributed by atoms with Crippen LogP contribution in [-0.2, 0) is 11.2 Å². The van der Waals surface area contributed by atoms with Gasteiger partial charge in [-0.1, -0.05) is 32.0 Å². The molecule has 1 saturated heterocycles. The van der Waals surface area contributed by atoms with Crippen LogP contribution in [0.25, 0.3) is 0 Å². The lowest BCUT2D eigenvalue weighted by Crippen LogP contribution is -2.53. The van der Waals surface area contributed by atoms with Gasteiger partial charge >= 0.3 is 0 Å². The second-order valence-corrected chi connectivity index (χ2v) is 8.42. The van der Waals surface area contributed by atoms with Crippen molar-refractivity contribution in [3.8, 4) is 11.8 Å². The van der Waals surface area contributed by atoms with E-state index in [4.69, 9.17) is 4.74 Å². The summed E-state index contributed by atoms with van der Waals surface area (Å²) in [5, 5.41) is 11.4. The van der Waals surface area contributed by atoms with E-state index in [-0.39, 0.29) is 11.8 Å². The highest BCUT2D eigenvalue weighted by Crippen LogP contribution is 2.22. The highest BCUT2D eigenvalue weighted by atomic mass is 32.1. The van der Waals surface area contributed by atoms with Crippen molar-refractivity contribution in [2.75, 3.05) is 32.7 Å². The highest BCUT2D eigenvalue weighted by Gasteiger charge is 2.31. The molecule has 1 fully saturated rings. The number of ether oxygens (including phenoxy) is 1. The summed E-state index contributed by atoms with van der Waals surface area (Å²) in [7, 11) is 0. The Bertz CT molecular complexity index is 805. The zero-order valence-electron chi connectivity index (χ0n) is 16.5. The predicted molar refractivity (Wildman–Crippen MR) is 111 cm³/mol. The van der Waals surface area contributed by atoms with Crippen LogP contribution in [0.4, 0.5) is 0 Å². The van der Waals surface area contributed by atoms with Crippen molar-refractivity contribution in [1.29, 1.82) is 5.26 Å². The van der Waals surface area contributed by atoms with Crippen LogP contribution in [0.2, 0.25) is 0 Å². The largest absolute Gasteiger partial charge is 0.479 e. The Morgan fingerprint density at radius 1 is 1.18 bits per heavy atom. The van der Waals surface area contributed by atoms with Gasteiger partial charge in [0.25, 0.3) is 5.91 Å². The summed E-state index contributed by atoms with van der Waals surface area (Å²) in [6, 6.07) is 13.5. The van der Waals surface area contributed by atoms with Crippen LogP contribution in [0.1, 0.15) is 24.3 Å². The van der Waals surface area contributed by atoms with Crippen molar-refractivity contribution in [3.05, 3.63) is 52.2 Å². The van der Waals surface area contributed by atoms with Crippen molar-refractivity contribution in [3.63, 3.8) is 0 Å². The van der Waals surface area contributed by atoms with Crippen LogP contribution >= 0.6 is 11.3 Å². The monoisotopic (exact) mass is 397 g/mol. The molecule has 0 N–H and O–H groups in total. The van der Waals surface area contributed by atoms with Gasteiger partial charge in [-0.05, 0) is 35.9 Å². The van der Waals surface area contributed by atoms with E-state index in [9.17, 15) is 10.1 Å². The van der Waals surface area contributed by atoms with Crippen molar-refractivity contribution < 1.29 is 9.53 Å². The van der Waals surface area contributed by atoms with Crippen LogP contribution in [0.3, 0.4) is 0 Å². The molecule has 5 nitrogen and oxygen atoms in total. The number of hydrogen-bond donors (Lipinski definition) is 0. The van der Waals surface area contributed by atoms with Crippen LogP contribution in [-0.4, -0.2) is 54.5 Å². The number of nitriles is 1. The minimum absolute atomic E-state index is 0.0145. The van der Waals surface area contributed by atoms with Gasteiger partial charge in [0.2, 0.25) is 0 Å². The number of carbonyl (C=O) groups is 1. The Kier molecular flexibility index (Phi) is 7.07. The zero-order valence-corrected chi connectivity index (χ0v) is 17.3. The summed E-state index contributed by atoms with van der Waals surface area (Å²) in [6.45, 7) is 8.20. The first-order valence-electron chi connectivity index (χ1n) is 9.78. The van der Waals surface area contributed by atoms with Crippen LogP contribution < -0.4 is 4.74 Å². The molecule has 2 heterocycles.